The van der Waals surface area contributed by atoms with E-state index in [-0.39, 0.29) is 18.7 Å². The fourth-order valence-corrected chi connectivity index (χ4v) is 5.25. The predicted molar refractivity (Wildman–Crippen MR) is 124 cm³/mol. The van der Waals surface area contributed by atoms with Gasteiger partial charge in [-0.15, -0.1) is 11.3 Å². The second-order valence-corrected chi connectivity index (χ2v) is 9.54. The molecule has 1 atom stereocenters. The van der Waals surface area contributed by atoms with Crippen molar-refractivity contribution in [1.29, 1.82) is 0 Å². The number of thiophene rings is 1. The third-order valence-corrected chi connectivity index (χ3v) is 7.33. The van der Waals surface area contributed by atoms with E-state index >= 15 is 0 Å². The molecule has 2 aliphatic heterocycles. The van der Waals surface area contributed by atoms with Crippen molar-refractivity contribution in [2.75, 3.05) is 38.3 Å². The number of benzene rings is 1. The van der Waals surface area contributed by atoms with Crippen LogP contribution >= 0.6 is 11.3 Å². The van der Waals surface area contributed by atoms with Crippen LogP contribution < -0.4 is 14.8 Å². The van der Waals surface area contributed by atoms with Crippen LogP contribution in [0.25, 0.3) is 10.2 Å². The molecule has 0 saturated carbocycles. The smallest absolute Gasteiger partial charge is 0.244 e. The van der Waals surface area contributed by atoms with E-state index in [1.807, 2.05) is 24.0 Å². The minimum atomic E-state index is -0.354. The summed E-state index contributed by atoms with van der Waals surface area (Å²) >= 11 is 1.66. The lowest BCUT2D eigenvalue weighted by Crippen LogP contribution is -2.51. The van der Waals surface area contributed by atoms with Gasteiger partial charge in [-0.2, -0.15) is 0 Å². The first-order chi connectivity index (χ1) is 15.5. The number of rotatable bonds is 5. The monoisotopic (exact) mass is 453 g/mol. The molecule has 9 heteroatoms. The minimum Gasteiger partial charge on any atom is -0.454 e. The van der Waals surface area contributed by atoms with Crippen LogP contribution in [0.4, 0.5) is 5.82 Å². The number of nitrogens with one attached hydrogen (secondary N) is 1. The number of carbonyl (C=O) groups excluding carboxylic acids is 1. The van der Waals surface area contributed by atoms with Crippen LogP contribution in [-0.2, 0) is 11.3 Å². The fourth-order valence-electron chi connectivity index (χ4n) is 4.26. The summed E-state index contributed by atoms with van der Waals surface area (Å²) < 4.78 is 10.9. The van der Waals surface area contributed by atoms with Crippen LogP contribution in [-0.4, -0.2) is 64.7 Å². The molecule has 0 unspecified atom stereocenters. The van der Waals surface area contributed by atoms with Crippen molar-refractivity contribution in [3.63, 3.8) is 0 Å². The zero-order chi connectivity index (χ0) is 22.2. The van der Waals surface area contributed by atoms with E-state index < -0.39 is 0 Å². The summed E-state index contributed by atoms with van der Waals surface area (Å²) in [5, 5.41) is 4.35. The number of nitrogens with zero attached hydrogens (tertiary/aromatic N) is 4. The lowest BCUT2D eigenvalue weighted by Gasteiger charge is -2.36. The molecule has 1 aromatic carbocycles. The largest absolute Gasteiger partial charge is 0.454 e. The first-order valence-electron chi connectivity index (χ1n) is 10.9. The third-order valence-electron chi connectivity index (χ3n) is 6.22. The molecule has 168 valence electrons. The molecule has 3 aromatic rings. The summed E-state index contributed by atoms with van der Waals surface area (Å²) in [6.45, 7) is 10.3. The number of fused-ring (bicyclic) bond motifs is 2. The fraction of sp³-hybridized carbons (Fsp3) is 0.435. The van der Waals surface area contributed by atoms with Crippen LogP contribution in [0, 0.1) is 13.8 Å². The Morgan fingerprint density at radius 2 is 1.94 bits per heavy atom. The Morgan fingerprint density at radius 3 is 2.75 bits per heavy atom. The zero-order valence-corrected chi connectivity index (χ0v) is 19.4. The van der Waals surface area contributed by atoms with Gasteiger partial charge in [0.25, 0.3) is 0 Å². The normalized spacial score (nSPS) is 17.0. The van der Waals surface area contributed by atoms with Crippen molar-refractivity contribution in [2.24, 2.45) is 0 Å². The molecule has 2 aromatic heterocycles. The second kappa shape index (κ2) is 8.55. The van der Waals surface area contributed by atoms with Crippen LogP contribution in [0.15, 0.2) is 24.5 Å². The van der Waals surface area contributed by atoms with Crippen LogP contribution in [0.3, 0.4) is 0 Å². The van der Waals surface area contributed by atoms with Gasteiger partial charge < -0.3 is 19.7 Å². The Kier molecular flexibility index (Phi) is 5.60. The Morgan fingerprint density at radius 1 is 1.16 bits per heavy atom. The van der Waals surface area contributed by atoms with E-state index in [1.165, 1.54) is 16.0 Å². The molecule has 1 N–H and O–H groups in total. The number of piperazine rings is 1. The van der Waals surface area contributed by atoms with Crippen molar-refractivity contribution in [1.82, 2.24) is 19.8 Å². The predicted octanol–water partition coefficient (Wildman–Crippen LogP) is 3.18. The van der Waals surface area contributed by atoms with Crippen molar-refractivity contribution >= 4 is 33.3 Å². The second-order valence-electron chi connectivity index (χ2n) is 8.34. The number of ether oxygens (including phenoxy) is 2. The molecule has 8 nitrogen and oxygen atoms in total. The van der Waals surface area contributed by atoms with Gasteiger partial charge in [-0.05, 0) is 44.0 Å². The average Bonchev–Trinajstić information content (AvgIpc) is 3.38. The SMILES string of the molecule is Cc1sc2ncnc(N[C@@H](C)C(=O)N3CCN(Cc4ccc5c(c4)OCO5)CC3)c2c1C. The highest BCUT2D eigenvalue weighted by Gasteiger charge is 2.26. The van der Waals surface area contributed by atoms with Gasteiger partial charge in [0.15, 0.2) is 11.5 Å². The molecule has 0 aliphatic carbocycles. The number of carbonyl (C=O) groups is 1. The van der Waals surface area contributed by atoms with Gasteiger partial charge in [-0.25, -0.2) is 9.97 Å². The van der Waals surface area contributed by atoms with Gasteiger partial charge in [0.05, 0.1) is 5.39 Å². The summed E-state index contributed by atoms with van der Waals surface area (Å²) in [6.07, 6.45) is 1.56. The molecular weight excluding hydrogens is 426 g/mol. The number of aryl methyl sites for hydroxylation is 2. The quantitative estimate of drug-likeness (QED) is 0.636. The minimum absolute atomic E-state index is 0.101. The van der Waals surface area contributed by atoms with E-state index in [0.717, 1.165) is 47.2 Å². The maximum Gasteiger partial charge on any atom is 0.244 e. The summed E-state index contributed by atoms with van der Waals surface area (Å²) in [7, 11) is 0. The van der Waals surface area contributed by atoms with Gasteiger partial charge in [0.2, 0.25) is 12.7 Å². The lowest BCUT2D eigenvalue weighted by atomic mass is 10.1. The van der Waals surface area contributed by atoms with Crippen molar-refractivity contribution in [2.45, 2.75) is 33.4 Å². The highest BCUT2D eigenvalue weighted by atomic mass is 32.1. The van der Waals surface area contributed by atoms with Crippen LogP contribution in [0.5, 0.6) is 11.5 Å². The van der Waals surface area contributed by atoms with Gasteiger partial charge in [0.1, 0.15) is 23.0 Å². The van der Waals surface area contributed by atoms with Gasteiger partial charge in [-0.3, -0.25) is 9.69 Å². The molecule has 0 spiro atoms. The number of hydrogen-bond acceptors (Lipinski definition) is 8. The molecule has 5 rings (SSSR count). The van der Waals surface area contributed by atoms with Crippen LogP contribution in [0.1, 0.15) is 22.9 Å². The highest BCUT2D eigenvalue weighted by Crippen LogP contribution is 2.34. The average molecular weight is 454 g/mol. The summed E-state index contributed by atoms with van der Waals surface area (Å²) in [5.74, 6) is 2.45. The standard InChI is InChI=1S/C23H27N5O3S/c1-14-16(3)32-22-20(14)21(24-12-25-22)26-15(2)23(29)28-8-6-27(7-9-28)11-17-4-5-18-19(10-17)31-13-30-18/h4-5,10,12,15H,6-9,11,13H2,1-3H3,(H,24,25,26)/t15-/m0/s1. The van der Waals surface area contributed by atoms with Crippen molar-refractivity contribution in [3.8, 4) is 11.5 Å². The van der Waals surface area contributed by atoms with Crippen molar-refractivity contribution in [3.05, 3.63) is 40.5 Å². The van der Waals surface area contributed by atoms with Crippen molar-refractivity contribution < 1.29 is 14.3 Å². The lowest BCUT2D eigenvalue weighted by molar-refractivity contribution is -0.133. The molecule has 1 saturated heterocycles. The maximum atomic E-state index is 13.1. The van der Waals surface area contributed by atoms with E-state index in [1.54, 1.807) is 17.7 Å². The number of anilines is 1. The Labute approximate surface area is 191 Å². The highest BCUT2D eigenvalue weighted by molar-refractivity contribution is 7.18. The first kappa shape index (κ1) is 21.0. The van der Waals surface area contributed by atoms with Crippen LogP contribution in [0.2, 0.25) is 0 Å². The molecular formula is C23H27N5O3S. The molecule has 0 bridgehead atoms. The zero-order valence-electron chi connectivity index (χ0n) is 18.6. The third kappa shape index (κ3) is 3.98. The van der Waals surface area contributed by atoms with Gasteiger partial charge in [-0.1, -0.05) is 6.07 Å². The topological polar surface area (TPSA) is 79.8 Å². The summed E-state index contributed by atoms with van der Waals surface area (Å²) in [4.78, 5) is 28.4. The Hall–Kier alpha value is -2.91. The van der Waals surface area contributed by atoms with Gasteiger partial charge >= 0.3 is 0 Å². The number of aromatic nitrogens is 2. The molecule has 2 aliphatic rings. The van der Waals surface area contributed by atoms with E-state index in [0.29, 0.717) is 13.1 Å². The molecule has 0 radical (unpaired) electrons. The number of amides is 1. The maximum absolute atomic E-state index is 13.1. The molecule has 4 heterocycles. The Balaban J connectivity index is 1.18. The Bertz CT molecular complexity index is 1160. The summed E-state index contributed by atoms with van der Waals surface area (Å²) in [6, 6.07) is 5.73. The van der Waals surface area contributed by atoms with E-state index in [4.69, 9.17) is 9.47 Å². The molecule has 32 heavy (non-hydrogen) atoms. The van der Waals surface area contributed by atoms with E-state index in [2.05, 4.69) is 40.1 Å². The molecule has 1 amide bonds. The first-order valence-corrected chi connectivity index (χ1v) is 11.7. The summed E-state index contributed by atoms with van der Waals surface area (Å²) in [5.41, 5.74) is 2.36. The van der Waals surface area contributed by atoms with E-state index in [9.17, 15) is 4.79 Å². The van der Waals surface area contributed by atoms with Gasteiger partial charge in [0, 0.05) is 37.6 Å². The molecule has 1 fully saturated rings. The number of hydrogen-bond donors (Lipinski definition) is 1.